The number of sulfonamides is 1. The summed E-state index contributed by atoms with van der Waals surface area (Å²) < 4.78 is 27.0. The zero-order valence-electron chi connectivity index (χ0n) is 15.9. The maximum absolute atomic E-state index is 13.2. The summed E-state index contributed by atoms with van der Waals surface area (Å²) in [5.74, 6) is 0.599. The van der Waals surface area contributed by atoms with Crippen LogP contribution < -0.4 is 0 Å². The molecular weight excluding hydrogens is 348 g/mol. The summed E-state index contributed by atoms with van der Waals surface area (Å²) in [6.07, 6.45) is 7.00. The summed E-state index contributed by atoms with van der Waals surface area (Å²) in [6.45, 7) is 5.28. The molecule has 0 bridgehead atoms. The standard InChI is InChI=1S/C20H30N2O3S/c1-3-21(4-2)26(24,25)18-12-7-10-17(15-18)20(23)22-14-8-11-16-9-5-6-13-19(16)22/h7,10,12,15-16,19H,3-6,8-9,11,13-14H2,1-2H3/t16-,19+/m1/s1. The number of carbonyl (C=O) groups is 1. The summed E-state index contributed by atoms with van der Waals surface area (Å²) in [6, 6.07) is 6.90. The number of fused-ring (bicyclic) bond motifs is 1. The lowest BCUT2D eigenvalue weighted by molar-refractivity contribution is 0.0390. The van der Waals surface area contributed by atoms with Crippen LogP contribution in [-0.4, -0.2) is 49.2 Å². The first-order valence-electron chi connectivity index (χ1n) is 9.90. The molecule has 1 saturated heterocycles. The number of hydrogen-bond donors (Lipinski definition) is 0. The molecule has 0 aromatic heterocycles. The Bertz CT molecular complexity index is 741. The van der Waals surface area contributed by atoms with Crippen LogP contribution in [0.4, 0.5) is 0 Å². The molecule has 2 fully saturated rings. The Kier molecular flexibility index (Phi) is 6.03. The summed E-state index contributed by atoms with van der Waals surface area (Å²) >= 11 is 0. The monoisotopic (exact) mass is 378 g/mol. The molecule has 2 atom stereocenters. The molecule has 0 unspecified atom stereocenters. The van der Waals surface area contributed by atoms with Crippen LogP contribution in [0.25, 0.3) is 0 Å². The summed E-state index contributed by atoms with van der Waals surface area (Å²) in [4.78, 5) is 15.4. The van der Waals surface area contributed by atoms with E-state index in [-0.39, 0.29) is 10.8 Å². The average Bonchev–Trinajstić information content (AvgIpc) is 2.68. The van der Waals surface area contributed by atoms with E-state index in [9.17, 15) is 13.2 Å². The fourth-order valence-corrected chi connectivity index (χ4v) is 6.05. The zero-order chi connectivity index (χ0) is 18.7. The van der Waals surface area contributed by atoms with E-state index in [2.05, 4.69) is 0 Å². The van der Waals surface area contributed by atoms with Crippen molar-refractivity contribution in [2.75, 3.05) is 19.6 Å². The molecule has 26 heavy (non-hydrogen) atoms. The van der Waals surface area contributed by atoms with Gasteiger partial charge in [0.25, 0.3) is 5.91 Å². The van der Waals surface area contributed by atoms with Crippen LogP contribution in [0.5, 0.6) is 0 Å². The highest BCUT2D eigenvalue weighted by Crippen LogP contribution is 2.36. The molecule has 6 heteroatoms. The van der Waals surface area contributed by atoms with Gasteiger partial charge in [0.1, 0.15) is 0 Å². The van der Waals surface area contributed by atoms with Crippen LogP contribution in [0.1, 0.15) is 62.7 Å². The SMILES string of the molecule is CCN(CC)S(=O)(=O)c1cccc(C(=O)N2CCC[C@H]3CCCC[C@@H]32)c1. The van der Waals surface area contributed by atoms with E-state index < -0.39 is 10.0 Å². The number of likely N-dealkylation sites (tertiary alicyclic amines) is 1. The molecule has 1 aromatic rings. The van der Waals surface area contributed by atoms with Gasteiger partial charge in [0.05, 0.1) is 4.90 Å². The molecule has 1 amide bonds. The Morgan fingerprint density at radius 1 is 1.12 bits per heavy atom. The van der Waals surface area contributed by atoms with Gasteiger partial charge in [0.15, 0.2) is 0 Å². The van der Waals surface area contributed by atoms with Gasteiger partial charge in [-0.2, -0.15) is 4.31 Å². The van der Waals surface area contributed by atoms with Crippen molar-refractivity contribution in [3.05, 3.63) is 29.8 Å². The minimum absolute atomic E-state index is 0.0156. The average molecular weight is 379 g/mol. The van der Waals surface area contributed by atoms with Gasteiger partial charge < -0.3 is 4.90 Å². The molecule has 0 radical (unpaired) electrons. The smallest absolute Gasteiger partial charge is 0.254 e. The Balaban J connectivity index is 1.86. The van der Waals surface area contributed by atoms with Crippen molar-refractivity contribution in [2.24, 2.45) is 5.92 Å². The number of benzene rings is 1. The van der Waals surface area contributed by atoms with Gasteiger partial charge in [-0.15, -0.1) is 0 Å². The zero-order valence-corrected chi connectivity index (χ0v) is 16.7. The molecule has 0 spiro atoms. The van der Waals surface area contributed by atoms with E-state index in [1.54, 1.807) is 24.3 Å². The van der Waals surface area contributed by atoms with Crippen molar-refractivity contribution in [3.63, 3.8) is 0 Å². The van der Waals surface area contributed by atoms with Crippen LogP contribution in [0, 0.1) is 5.92 Å². The highest BCUT2D eigenvalue weighted by atomic mass is 32.2. The molecule has 1 saturated carbocycles. The second-order valence-corrected chi connectivity index (χ2v) is 9.31. The van der Waals surface area contributed by atoms with Gasteiger partial charge in [0.2, 0.25) is 10.0 Å². The highest BCUT2D eigenvalue weighted by Gasteiger charge is 2.36. The Labute approximate surface area is 157 Å². The third kappa shape index (κ3) is 3.67. The van der Waals surface area contributed by atoms with Gasteiger partial charge in [-0.1, -0.05) is 32.8 Å². The lowest BCUT2D eigenvalue weighted by Crippen LogP contribution is -2.49. The van der Waals surface area contributed by atoms with E-state index in [1.807, 2.05) is 18.7 Å². The topological polar surface area (TPSA) is 57.7 Å². The largest absolute Gasteiger partial charge is 0.335 e. The lowest BCUT2D eigenvalue weighted by atomic mass is 9.78. The van der Waals surface area contributed by atoms with Crippen LogP contribution in [-0.2, 0) is 10.0 Å². The minimum Gasteiger partial charge on any atom is -0.335 e. The van der Waals surface area contributed by atoms with Crippen molar-refractivity contribution in [3.8, 4) is 0 Å². The van der Waals surface area contributed by atoms with Gasteiger partial charge in [-0.3, -0.25) is 4.79 Å². The van der Waals surface area contributed by atoms with Crippen molar-refractivity contribution in [1.29, 1.82) is 0 Å². The second-order valence-electron chi connectivity index (χ2n) is 7.37. The number of piperidine rings is 1. The fraction of sp³-hybridized carbons (Fsp3) is 0.650. The van der Waals surface area contributed by atoms with Crippen LogP contribution >= 0.6 is 0 Å². The molecule has 3 rings (SSSR count). The normalized spacial score (nSPS) is 23.7. The molecule has 0 N–H and O–H groups in total. The van der Waals surface area contributed by atoms with Crippen LogP contribution in [0.3, 0.4) is 0 Å². The Hall–Kier alpha value is -1.40. The number of hydrogen-bond acceptors (Lipinski definition) is 3. The first-order chi connectivity index (χ1) is 12.5. The third-order valence-corrected chi connectivity index (χ3v) is 7.97. The number of amides is 1. The van der Waals surface area contributed by atoms with Crippen molar-refractivity contribution in [2.45, 2.75) is 63.3 Å². The number of rotatable bonds is 5. The molecule has 1 aliphatic carbocycles. The molecule has 1 aliphatic heterocycles. The van der Waals surface area contributed by atoms with E-state index in [1.165, 1.54) is 30.0 Å². The van der Waals surface area contributed by atoms with Gasteiger partial charge in [-0.25, -0.2) is 8.42 Å². The molecule has 2 aliphatic rings. The maximum Gasteiger partial charge on any atom is 0.254 e. The Morgan fingerprint density at radius 2 is 1.81 bits per heavy atom. The molecule has 1 aromatic carbocycles. The fourth-order valence-electron chi connectivity index (χ4n) is 4.54. The second kappa shape index (κ2) is 8.09. The van der Waals surface area contributed by atoms with E-state index in [0.29, 0.717) is 30.6 Å². The Morgan fingerprint density at radius 3 is 2.54 bits per heavy atom. The highest BCUT2D eigenvalue weighted by molar-refractivity contribution is 7.89. The van der Waals surface area contributed by atoms with E-state index >= 15 is 0 Å². The van der Waals surface area contributed by atoms with Crippen LogP contribution in [0.2, 0.25) is 0 Å². The predicted molar refractivity (Wildman–Crippen MR) is 103 cm³/mol. The molecule has 1 heterocycles. The molecule has 144 valence electrons. The summed E-state index contributed by atoms with van der Waals surface area (Å²) in [5.41, 5.74) is 0.490. The minimum atomic E-state index is -3.55. The molecule has 5 nitrogen and oxygen atoms in total. The summed E-state index contributed by atoms with van der Waals surface area (Å²) in [5, 5.41) is 0. The lowest BCUT2D eigenvalue weighted by Gasteiger charge is -2.44. The van der Waals surface area contributed by atoms with Crippen molar-refractivity contribution >= 4 is 15.9 Å². The third-order valence-electron chi connectivity index (χ3n) is 5.93. The van der Waals surface area contributed by atoms with Crippen molar-refractivity contribution < 1.29 is 13.2 Å². The molecular formula is C20H30N2O3S. The first-order valence-corrected chi connectivity index (χ1v) is 11.3. The van der Waals surface area contributed by atoms with Crippen LogP contribution in [0.15, 0.2) is 29.2 Å². The maximum atomic E-state index is 13.2. The van der Waals surface area contributed by atoms with E-state index in [0.717, 1.165) is 19.4 Å². The summed E-state index contributed by atoms with van der Waals surface area (Å²) in [7, 11) is -3.55. The first kappa shape index (κ1) is 19.4. The van der Waals surface area contributed by atoms with E-state index in [4.69, 9.17) is 0 Å². The number of nitrogens with zero attached hydrogens (tertiary/aromatic N) is 2. The quantitative estimate of drug-likeness (QED) is 0.788. The van der Waals surface area contributed by atoms with Gasteiger partial charge >= 0.3 is 0 Å². The van der Waals surface area contributed by atoms with Crippen molar-refractivity contribution in [1.82, 2.24) is 9.21 Å². The predicted octanol–water partition coefficient (Wildman–Crippen LogP) is 3.51. The van der Waals surface area contributed by atoms with Gasteiger partial charge in [-0.05, 0) is 49.8 Å². The number of carbonyl (C=O) groups excluding carboxylic acids is 1. The van der Waals surface area contributed by atoms with Gasteiger partial charge in [0, 0.05) is 31.2 Å².